The van der Waals surface area contributed by atoms with Crippen molar-refractivity contribution < 1.29 is 5.48 Å². The molecular weight excluding hydrogens is 1500 g/mol. The van der Waals surface area contributed by atoms with Gasteiger partial charge < -0.3 is 9.13 Å². The van der Waals surface area contributed by atoms with Crippen LogP contribution in [0, 0.1) is 0 Å². The summed E-state index contributed by atoms with van der Waals surface area (Å²) in [5, 5.41) is 20.1. The van der Waals surface area contributed by atoms with Crippen LogP contribution in [0.2, 0.25) is 0 Å². The molecule has 0 aliphatic heterocycles. The summed E-state index contributed by atoms with van der Waals surface area (Å²) in [5.41, 5.74) is 22.1. The molecule has 0 saturated heterocycles. The quantitative estimate of drug-likeness (QED) is 0.129. The van der Waals surface area contributed by atoms with Crippen molar-refractivity contribution >= 4 is 130 Å². The second kappa shape index (κ2) is 29.8. The first kappa shape index (κ1) is 67.4. The highest BCUT2D eigenvalue weighted by molar-refractivity contribution is 6.22. The third-order valence-corrected chi connectivity index (χ3v) is 24.8. The van der Waals surface area contributed by atoms with Crippen molar-refractivity contribution in [3.63, 3.8) is 0 Å². The number of nitrogens with zero attached hydrogens (tertiary/aromatic N) is 6. The SMILES string of the molecule is [2H]c1c([2H])c(-n2c3cc4ccccc4cc3c3c(-c4ccc5ccccc5c4)cccc32)c([2H])c([2H])c1-c1nc(-c2ccccc2)c2cc(-c3ccccc3)c(-c3ccccc3)cc2n1.c1ccc(-c2ccc3nc(-c4ccc(-n5c6cc7ccccc7cc6c6c(-c7cccc8ccccc78)cccc65)c5ccccc45)nc(-c4ccc5ccccc5c4)c3c2)cc1. The van der Waals surface area contributed by atoms with Crippen LogP contribution in [0.4, 0.5) is 0 Å². The Bertz CT molecular complexity index is 8840. The Balaban J connectivity index is 0.000000143. The fourth-order valence-corrected chi connectivity index (χ4v) is 18.9. The fourth-order valence-electron chi connectivity index (χ4n) is 18.9. The first-order chi connectivity index (χ1) is 63.1. The van der Waals surface area contributed by atoms with Crippen LogP contribution in [-0.2, 0) is 0 Å². The largest absolute Gasteiger partial charge is 0.309 e. The topological polar surface area (TPSA) is 61.4 Å². The third kappa shape index (κ3) is 12.3. The number of hydrogen-bond donors (Lipinski definition) is 0. The zero-order valence-corrected chi connectivity index (χ0v) is 67.1. The molecule has 25 aromatic rings. The van der Waals surface area contributed by atoms with Gasteiger partial charge in [0, 0.05) is 65.6 Å². The average molecular weight is 1580 g/mol. The van der Waals surface area contributed by atoms with Gasteiger partial charge in [0.05, 0.1) is 55.7 Å². The van der Waals surface area contributed by atoms with Gasteiger partial charge in [-0.3, -0.25) is 0 Å². The minimum atomic E-state index is -0.218. The monoisotopic (exact) mass is 1580 g/mol. The zero-order valence-electron chi connectivity index (χ0n) is 71.1. The van der Waals surface area contributed by atoms with Crippen LogP contribution >= 0.6 is 0 Å². The first-order valence-electron chi connectivity index (χ1n) is 44.1. The van der Waals surface area contributed by atoms with Crippen molar-refractivity contribution in [1.29, 1.82) is 0 Å². The molecule has 0 atom stereocenters. The summed E-state index contributed by atoms with van der Waals surface area (Å²) in [6, 6.07) is 148. The van der Waals surface area contributed by atoms with Crippen LogP contribution < -0.4 is 0 Å². The van der Waals surface area contributed by atoms with E-state index < -0.39 is 0 Å². The smallest absolute Gasteiger partial charge is 0.161 e. The van der Waals surface area contributed by atoms with E-state index in [1.165, 1.54) is 65.3 Å². The van der Waals surface area contributed by atoms with Crippen LogP contribution in [-0.4, -0.2) is 29.1 Å². The van der Waals surface area contributed by atoms with Crippen molar-refractivity contribution in [3.8, 4) is 112 Å². The van der Waals surface area contributed by atoms with Gasteiger partial charge in [0.2, 0.25) is 0 Å². The van der Waals surface area contributed by atoms with Crippen LogP contribution in [0.3, 0.4) is 0 Å². The Hall–Kier alpha value is -16.5. The van der Waals surface area contributed by atoms with Gasteiger partial charge in [0.25, 0.3) is 0 Å². The highest BCUT2D eigenvalue weighted by Gasteiger charge is 2.25. The molecule has 0 aliphatic rings. The molecule has 0 fully saturated rings. The van der Waals surface area contributed by atoms with E-state index >= 15 is 0 Å². The molecule has 0 radical (unpaired) electrons. The summed E-state index contributed by atoms with van der Waals surface area (Å²) in [6.45, 7) is 0. The maximum Gasteiger partial charge on any atom is 0.161 e. The maximum atomic E-state index is 9.80. The molecule has 0 aliphatic carbocycles. The van der Waals surface area contributed by atoms with Crippen LogP contribution in [0.25, 0.3) is 242 Å². The lowest BCUT2D eigenvalue weighted by Crippen LogP contribution is -1.99. The number of benzene rings is 21. The molecule has 0 amide bonds. The van der Waals surface area contributed by atoms with Crippen molar-refractivity contribution in [2.45, 2.75) is 0 Å². The molecule has 0 spiro atoms. The molecule has 124 heavy (non-hydrogen) atoms. The summed E-state index contributed by atoms with van der Waals surface area (Å²) >= 11 is 0. The Morgan fingerprint density at radius 3 is 1.27 bits per heavy atom. The average Bonchev–Trinajstić information content (AvgIpc) is 1.55. The lowest BCUT2D eigenvalue weighted by atomic mass is 9.91. The molecule has 4 heterocycles. The zero-order chi connectivity index (χ0) is 85.2. The van der Waals surface area contributed by atoms with Gasteiger partial charge in [-0.2, -0.15) is 0 Å². The molecule has 6 nitrogen and oxygen atoms in total. The molecule has 4 aromatic heterocycles. The molecule has 576 valence electrons. The molecule has 0 N–H and O–H groups in total. The second-order valence-electron chi connectivity index (χ2n) is 32.0. The highest BCUT2D eigenvalue weighted by atomic mass is 15.0. The van der Waals surface area contributed by atoms with E-state index in [1.807, 2.05) is 108 Å². The van der Waals surface area contributed by atoms with E-state index in [9.17, 15) is 5.48 Å². The van der Waals surface area contributed by atoms with E-state index in [0.717, 1.165) is 143 Å². The predicted octanol–water partition coefficient (Wildman–Crippen LogP) is 31.4. The third-order valence-electron chi connectivity index (χ3n) is 24.8. The Morgan fingerprint density at radius 1 is 0.185 bits per heavy atom. The molecule has 25 rings (SSSR count). The molecule has 21 aromatic carbocycles. The van der Waals surface area contributed by atoms with Gasteiger partial charge >= 0.3 is 0 Å². The number of aromatic nitrogens is 6. The van der Waals surface area contributed by atoms with E-state index in [2.05, 4.69) is 326 Å². The van der Waals surface area contributed by atoms with Gasteiger partial charge in [0.1, 0.15) is 0 Å². The number of hydrogen-bond acceptors (Lipinski definition) is 4. The van der Waals surface area contributed by atoms with Gasteiger partial charge in [-0.1, -0.05) is 340 Å². The summed E-state index contributed by atoms with van der Waals surface area (Å²) in [7, 11) is 0. The van der Waals surface area contributed by atoms with Gasteiger partial charge in [0.15, 0.2) is 11.6 Å². The van der Waals surface area contributed by atoms with Crippen LogP contribution in [0.15, 0.2) is 449 Å². The summed E-state index contributed by atoms with van der Waals surface area (Å²) in [4.78, 5) is 21.1. The highest BCUT2D eigenvalue weighted by Crippen LogP contribution is 2.48. The molecule has 0 unspecified atom stereocenters. The van der Waals surface area contributed by atoms with Gasteiger partial charge in [-0.25, -0.2) is 19.9 Å². The lowest BCUT2D eigenvalue weighted by molar-refractivity contribution is 1.17. The van der Waals surface area contributed by atoms with Crippen LogP contribution in [0.1, 0.15) is 5.48 Å². The van der Waals surface area contributed by atoms with E-state index in [-0.39, 0.29) is 41.2 Å². The lowest BCUT2D eigenvalue weighted by Gasteiger charge is -2.16. The molecule has 6 heteroatoms. The minimum absolute atomic E-state index is 0.0410. The summed E-state index contributed by atoms with van der Waals surface area (Å²) < 4.78 is 43.5. The minimum Gasteiger partial charge on any atom is -0.309 e. The maximum absolute atomic E-state index is 9.80. The van der Waals surface area contributed by atoms with Crippen molar-refractivity contribution in [1.82, 2.24) is 29.1 Å². The van der Waals surface area contributed by atoms with Crippen molar-refractivity contribution in [3.05, 3.63) is 449 Å². The number of rotatable bonds is 11. The molecular formula is C118H74N6. The predicted molar refractivity (Wildman–Crippen MR) is 522 cm³/mol. The van der Waals surface area contributed by atoms with E-state index in [0.29, 0.717) is 17.0 Å². The van der Waals surface area contributed by atoms with Crippen molar-refractivity contribution in [2.24, 2.45) is 0 Å². The first-order valence-corrected chi connectivity index (χ1v) is 42.1. The Kier molecular flexibility index (Phi) is 16.2. The number of fused-ring (bicyclic) bond motifs is 14. The normalized spacial score (nSPS) is 12.2. The standard InChI is InChI=1S/C60H37N3.C58H37N3/c1-2-14-38(15-3-1)44-30-32-54-52(35-44)59(45-29-28-39-16-4-5-18-41(39)34-45)62-60(61-54)51-31-33-55(49-24-11-10-23-48(49)51)63-56-27-13-26-50(47-25-12-21-40-17-8-9-22-46(40)47)58(56)53-36-42-19-6-7-20-43(42)37-57(53)63;1-4-16-39(17-5-1)49-36-51-53(37-50(49)40-18-6-2-7-19-40)59-58(60-57(51)41-20-8-3-9-21-41)42-29-31-47(32-30-42)61-54-26-14-25-48(46-28-27-38-15-10-11-22-43(38)33-46)56(54)52-34-44-23-12-13-24-45(44)35-55(52)61/h1-37H;1-37H/i;29D,30D,31D,32D. The molecule has 0 bridgehead atoms. The van der Waals surface area contributed by atoms with E-state index in [1.54, 1.807) is 0 Å². The van der Waals surface area contributed by atoms with Gasteiger partial charge in [-0.05, 0) is 224 Å². The second-order valence-corrected chi connectivity index (χ2v) is 32.0. The molecule has 0 saturated carbocycles. The fraction of sp³-hybridized carbons (Fsp3) is 0. The Morgan fingerprint density at radius 2 is 0.629 bits per heavy atom. The summed E-state index contributed by atoms with van der Waals surface area (Å²) in [6.07, 6.45) is 0. The van der Waals surface area contributed by atoms with Crippen LogP contribution in [0.5, 0.6) is 0 Å². The van der Waals surface area contributed by atoms with E-state index in [4.69, 9.17) is 19.9 Å². The Labute approximate surface area is 721 Å². The van der Waals surface area contributed by atoms with Gasteiger partial charge in [-0.15, -0.1) is 0 Å². The van der Waals surface area contributed by atoms with Crippen molar-refractivity contribution in [2.75, 3.05) is 0 Å². The summed E-state index contributed by atoms with van der Waals surface area (Å²) in [5.74, 6) is 0.825.